The van der Waals surface area contributed by atoms with Gasteiger partial charge in [0.1, 0.15) is 0 Å². The zero-order valence-corrected chi connectivity index (χ0v) is 18.9. The molecule has 27 heavy (non-hydrogen) atoms. The average molecular weight is 418 g/mol. The Morgan fingerprint density at radius 2 is 1.70 bits per heavy atom. The highest BCUT2D eigenvalue weighted by molar-refractivity contribution is 7.99. The van der Waals surface area contributed by atoms with Crippen molar-refractivity contribution in [1.82, 2.24) is 5.06 Å². The van der Waals surface area contributed by atoms with Crippen LogP contribution in [0.2, 0.25) is 0 Å². The lowest BCUT2D eigenvalue weighted by Gasteiger charge is -2.27. The highest BCUT2D eigenvalue weighted by Gasteiger charge is 2.47. The maximum absolute atomic E-state index is 11.4. The van der Waals surface area contributed by atoms with E-state index in [0.717, 1.165) is 30.4 Å². The van der Waals surface area contributed by atoms with Crippen LogP contribution in [0.15, 0.2) is 0 Å². The predicted octanol–water partition coefficient (Wildman–Crippen LogP) is 5.23. The van der Waals surface area contributed by atoms with Crippen LogP contribution in [0.5, 0.6) is 0 Å². The smallest absolute Gasteiger partial charge is 0.245 e. The van der Waals surface area contributed by atoms with E-state index in [0.29, 0.717) is 23.7 Å². The van der Waals surface area contributed by atoms with E-state index in [1.807, 2.05) is 11.8 Å². The highest BCUT2D eigenvalue weighted by Crippen LogP contribution is 2.46. The van der Waals surface area contributed by atoms with E-state index in [2.05, 4.69) is 18.7 Å². The van der Waals surface area contributed by atoms with Crippen molar-refractivity contribution in [3.05, 3.63) is 0 Å². The second kappa shape index (κ2) is 13.3. The summed E-state index contributed by atoms with van der Waals surface area (Å²) in [6.45, 7) is 2.27. The van der Waals surface area contributed by atoms with Crippen LogP contribution in [-0.4, -0.2) is 58.4 Å². The number of fused-ring (bicyclic) bond motifs is 2. The number of rotatable bonds is 15. The van der Waals surface area contributed by atoms with Crippen LogP contribution in [-0.2, 0) is 9.53 Å². The van der Waals surface area contributed by atoms with Gasteiger partial charge in [0.25, 0.3) is 0 Å². The van der Waals surface area contributed by atoms with Gasteiger partial charge in [-0.3, -0.25) is 10.0 Å². The van der Waals surface area contributed by atoms with Crippen LogP contribution in [0, 0.1) is 11.8 Å². The van der Waals surface area contributed by atoms with Gasteiger partial charge in [0.2, 0.25) is 5.91 Å². The first-order valence-electron chi connectivity index (χ1n) is 10.9. The van der Waals surface area contributed by atoms with Crippen molar-refractivity contribution < 1.29 is 14.7 Å². The Labute approximate surface area is 174 Å². The number of hydrogen-bond acceptors (Lipinski definition) is 5. The molecule has 0 radical (unpaired) electrons. The predicted molar refractivity (Wildman–Crippen MR) is 117 cm³/mol. The summed E-state index contributed by atoms with van der Waals surface area (Å²) in [5, 5.41) is 9.76. The minimum atomic E-state index is -0.186. The van der Waals surface area contributed by atoms with Crippen LogP contribution in [0.1, 0.15) is 71.1 Å². The molecule has 4 atom stereocenters. The molecule has 0 spiro atoms. The molecule has 1 N–H and O–H groups in total. The first-order chi connectivity index (χ1) is 13.1. The fourth-order valence-electron chi connectivity index (χ4n) is 4.32. The molecule has 158 valence electrons. The second-order valence-corrected chi connectivity index (χ2v) is 10.4. The monoisotopic (exact) mass is 417 g/mol. The number of carbonyl (C=O) groups is 1. The van der Waals surface area contributed by atoms with Crippen molar-refractivity contribution in [2.75, 3.05) is 30.1 Å². The fourth-order valence-corrected chi connectivity index (χ4v) is 6.68. The molecule has 4 nitrogen and oxygen atoms in total. The van der Waals surface area contributed by atoms with Crippen molar-refractivity contribution in [3.8, 4) is 0 Å². The maximum atomic E-state index is 11.4. The Kier molecular flexibility index (Phi) is 11.5. The van der Waals surface area contributed by atoms with Gasteiger partial charge in [0.05, 0.1) is 12.2 Å². The van der Waals surface area contributed by atoms with Crippen molar-refractivity contribution in [2.45, 2.75) is 83.3 Å². The third-order valence-corrected chi connectivity index (χ3v) is 8.23. The second-order valence-electron chi connectivity index (χ2n) is 8.03. The lowest BCUT2D eigenvalue weighted by molar-refractivity contribution is -0.159. The molecule has 2 saturated heterocycles. The largest absolute Gasteiger partial charge is 0.374 e. The lowest BCUT2D eigenvalue weighted by atomic mass is 9.79. The van der Waals surface area contributed by atoms with Crippen LogP contribution >= 0.6 is 23.5 Å². The zero-order chi connectivity index (χ0) is 19.5. The molecule has 6 heteroatoms. The molecule has 4 unspecified atom stereocenters. The summed E-state index contributed by atoms with van der Waals surface area (Å²) < 4.78 is 6.24. The van der Waals surface area contributed by atoms with E-state index in [-0.39, 0.29) is 5.91 Å². The number of unbranched alkanes of at least 4 members (excludes halogenated alkanes) is 4. The van der Waals surface area contributed by atoms with E-state index in [4.69, 9.17) is 9.94 Å². The van der Waals surface area contributed by atoms with Gasteiger partial charge < -0.3 is 4.74 Å². The van der Waals surface area contributed by atoms with Gasteiger partial charge in [0.15, 0.2) is 0 Å². The van der Waals surface area contributed by atoms with Gasteiger partial charge in [-0.25, -0.2) is 5.06 Å². The van der Waals surface area contributed by atoms with Crippen LogP contribution in [0.25, 0.3) is 0 Å². The molecule has 1 amide bonds. The van der Waals surface area contributed by atoms with E-state index >= 15 is 0 Å². The Hall–Kier alpha value is 0.0900. The number of ether oxygens (including phenoxy) is 1. The topological polar surface area (TPSA) is 49.8 Å². The van der Waals surface area contributed by atoms with Gasteiger partial charge in [-0.2, -0.15) is 23.5 Å². The Balaban J connectivity index is 1.56. The highest BCUT2D eigenvalue weighted by atomic mass is 32.2. The Morgan fingerprint density at radius 3 is 2.44 bits per heavy atom. The number of thioether (sulfide) groups is 2. The first kappa shape index (κ1) is 23.4. The summed E-state index contributed by atoms with van der Waals surface area (Å²) >= 11 is 4.17. The number of hydroxylamine groups is 2. The van der Waals surface area contributed by atoms with Gasteiger partial charge >= 0.3 is 0 Å². The summed E-state index contributed by atoms with van der Waals surface area (Å²) in [6.07, 6.45) is 12.7. The normalized spacial score (nSPS) is 26.6. The Morgan fingerprint density at radius 1 is 1.00 bits per heavy atom. The van der Waals surface area contributed by atoms with Gasteiger partial charge in [-0.15, -0.1) is 0 Å². The standard InChI is InChI=1S/C21H39NO3S2/c1-3-4-5-7-13-26-15-12-17-18(20-11-10-19(17)25-20)16-27-14-8-6-9-21(23)22(2)24/h17-20,24H,3-16H2,1-2H3. The average Bonchev–Trinajstić information content (AvgIpc) is 3.25. The molecule has 2 heterocycles. The van der Waals surface area contributed by atoms with Gasteiger partial charge in [-0.1, -0.05) is 26.2 Å². The fraction of sp³-hybridized carbons (Fsp3) is 0.952. The summed E-state index contributed by atoms with van der Waals surface area (Å²) in [5.41, 5.74) is 0. The van der Waals surface area contributed by atoms with E-state index in [9.17, 15) is 4.79 Å². The van der Waals surface area contributed by atoms with Gasteiger partial charge in [0, 0.05) is 13.5 Å². The number of carbonyl (C=O) groups excluding carboxylic acids is 1. The summed E-state index contributed by atoms with van der Waals surface area (Å²) in [7, 11) is 1.40. The molecule has 0 saturated carbocycles. The molecule has 2 aliphatic heterocycles. The Bertz CT molecular complexity index is 422. The zero-order valence-electron chi connectivity index (χ0n) is 17.2. The van der Waals surface area contributed by atoms with Crippen molar-refractivity contribution in [2.24, 2.45) is 11.8 Å². The van der Waals surface area contributed by atoms with Gasteiger partial charge in [-0.05, 0) is 73.4 Å². The minimum Gasteiger partial charge on any atom is -0.374 e. The minimum absolute atomic E-state index is 0.186. The van der Waals surface area contributed by atoms with Crippen molar-refractivity contribution >= 4 is 29.4 Å². The number of amides is 1. The van der Waals surface area contributed by atoms with Crippen molar-refractivity contribution in [3.63, 3.8) is 0 Å². The van der Waals surface area contributed by atoms with Crippen LogP contribution in [0.4, 0.5) is 0 Å². The maximum Gasteiger partial charge on any atom is 0.245 e. The summed E-state index contributed by atoms with van der Waals surface area (Å²) in [5.74, 6) is 6.25. The molecule has 0 aromatic heterocycles. The SMILES string of the molecule is CCCCCCSCCC1C2CCC(O2)C1CSCCCCC(=O)N(C)O. The van der Waals surface area contributed by atoms with E-state index in [1.54, 1.807) is 0 Å². The molecule has 0 aromatic carbocycles. The third-order valence-electron chi connectivity index (χ3n) is 5.93. The van der Waals surface area contributed by atoms with E-state index < -0.39 is 0 Å². The third kappa shape index (κ3) is 8.15. The molecular formula is C21H39NO3S2. The van der Waals surface area contributed by atoms with Crippen molar-refractivity contribution in [1.29, 1.82) is 0 Å². The molecule has 0 aromatic rings. The first-order valence-corrected chi connectivity index (χ1v) is 13.2. The molecule has 2 bridgehead atoms. The molecule has 2 aliphatic rings. The molecular weight excluding hydrogens is 378 g/mol. The number of nitrogens with zero attached hydrogens (tertiary/aromatic N) is 1. The molecule has 0 aliphatic carbocycles. The summed E-state index contributed by atoms with van der Waals surface area (Å²) in [4.78, 5) is 11.4. The molecule has 2 rings (SSSR count). The lowest BCUT2D eigenvalue weighted by Crippen LogP contribution is -2.29. The molecule has 2 fully saturated rings. The van der Waals surface area contributed by atoms with Crippen LogP contribution in [0.3, 0.4) is 0 Å². The van der Waals surface area contributed by atoms with Crippen LogP contribution < -0.4 is 0 Å². The number of hydrogen-bond donors (Lipinski definition) is 1. The quantitative estimate of drug-likeness (QED) is 0.224. The summed E-state index contributed by atoms with van der Waals surface area (Å²) in [6, 6.07) is 0. The van der Waals surface area contributed by atoms with E-state index in [1.165, 1.54) is 69.3 Å².